The average molecular weight is 461 g/mol. The number of carbonyl (C=O) groups is 2. The summed E-state index contributed by atoms with van der Waals surface area (Å²) in [6, 6.07) is 17.9. The lowest BCUT2D eigenvalue weighted by Crippen LogP contribution is -2.47. The molecule has 2 N–H and O–H groups in total. The molecule has 1 heterocycles. The Labute approximate surface area is 200 Å². The molecule has 1 fully saturated rings. The third kappa shape index (κ3) is 5.55. The van der Waals surface area contributed by atoms with Crippen LogP contribution in [-0.2, 0) is 17.9 Å². The quantitative estimate of drug-likeness (QED) is 0.565. The number of benzene rings is 3. The first-order chi connectivity index (χ1) is 16.4. The summed E-state index contributed by atoms with van der Waals surface area (Å²) < 4.78 is 5.60. The van der Waals surface area contributed by atoms with Crippen molar-refractivity contribution in [2.45, 2.75) is 20.0 Å². The second kappa shape index (κ2) is 10.7. The summed E-state index contributed by atoms with van der Waals surface area (Å²) in [5.41, 5.74) is 3.25. The standard InChI is InChI=1S/C27H32N4O3/c1-19(32)29-23-15-20(14-22(16-23)27(33)31-12-10-30(2)11-13-31)17-28-18-25-24-7-5-4-6-21(24)8-9-26(25)34-3/h4-9,14-16,28H,10-13,17-18H2,1-3H3,(H,29,32). The van der Waals surface area contributed by atoms with Gasteiger partial charge in [-0.15, -0.1) is 0 Å². The average Bonchev–Trinajstić information content (AvgIpc) is 2.83. The van der Waals surface area contributed by atoms with Gasteiger partial charge in [0.05, 0.1) is 7.11 Å². The smallest absolute Gasteiger partial charge is 0.254 e. The van der Waals surface area contributed by atoms with E-state index in [2.05, 4.69) is 40.8 Å². The van der Waals surface area contributed by atoms with Crippen LogP contribution in [0.1, 0.15) is 28.4 Å². The van der Waals surface area contributed by atoms with E-state index in [1.165, 1.54) is 6.92 Å². The molecule has 1 saturated heterocycles. The van der Waals surface area contributed by atoms with Crippen molar-refractivity contribution in [2.75, 3.05) is 45.7 Å². The maximum atomic E-state index is 13.2. The number of nitrogens with zero attached hydrogens (tertiary/aromatic N) is 2. The Bertz CT molecular complexity index is 1190. The van der Waals surface area contributed by atoms with E-state index in [-0.39, 0.29) is 11.8 Å². The van der Waals surface area contributed by atoms with Crippen LogP contribution in [0.2, 0.25) is 0 Å². The summed E-state index contributed by atoms with van der Waals surface area (Å²) >= 11 is 0. The number of ether oxygens (including phenoxy) is 1. The Morgan fingerprint density at radius 2 is 1.74 bits per heavy atom. The maximum Gasteiger partial charge on any atom is 0.254 e. The van der Waals surface area contributed by atoms with Crippen molar-refractivity contribution < 1.29 is 14.3 Å². The third-order valence-corrected chi connectivity index (χ3v) is 6.20. The zero-order valence-corrected chi connectivity index (χ0v) is 20.1. The summed E-state index contributed by atoms with van der Waals surface area (Å²) in [5, 5.41) is 8.63. The van der Waals surface area contributed by atoms with Gasteiger partial charge in [-0.25, -0.2) is 0 Å². The lowest BCUT2D eigenvalue weighted by Gasteiger charge is -2.32. The van der Waals surface area contributed by atoms with Gasteiger partial charge < -0.3 is 25.2 Å². The van der Waals surface area contributed by atoms with Crippen LogP contribution in [0.3, 0.4) is 0 Å². The molecule has 0 spiro atoms. The highest BCUT2D eigenvalue weighted by Crippen LogP contribution is 2.28. The van der Waals surface area contributed by atoms with E-state index in [1.54, 1.807) is 13.2 Å². The van der Waals surface area contributed by atoms with E-state index in [1.807, 2.05) is 35.2 Å². The summed E-state index contributed by atoms with van der Waals surface area (Å²) in [6.45, 7) is 5.75. The fourth-order valence-corrected chi connectivity index (χ4v) is 4.41. The van der Waals surface area contributed by atoms with E-state index >= 15 is 0 Å². The Balaban J connectivity index is 1.54. The molecule has 0 aliphatic carbocycles. The summed E-state index contributed by atoms with van der Waals surface area (Å²) in [7, 11) is 3.74. The molecule has 0 radical (unpaired) electrons. The number of piperazine rings is 1. The monoisotopic (exact) mass is 460 g/mol. The minimum Gasteiger partial charge on any atom is -0.496 e. The number of anilines is 1. The second-order valence-corrected chi connectivity index (χ2v) is 8.77. The Morgan fingerprint density at radius 3 is 2.47 bits per heavy atom. The van der Waals surface area contributed by atoms with Gasteiger partial charge in [-0.3, -0.25) is 9.59 Å². The van der Waals surface area contributed by atoms with Gasteiger partial charge in [0.25, 0.3) is 5.91 Å². The molecule has 0 saturated carbocycles. The van der Waals surface area contributed by atoms with E-state index < -0.39 is 0 Å². The lowest BCUT2D eigenvalue weighted by atomic mass is 10.0. The first-order valence-electron chi connectivity index (χ1n) is 11.6. The number of amides is 2. The number of methoxy groups -OCH3 is 1. The highest BCUT2D eigenvalue weighted by atomic mass is 16.5. The van der Waals surface area contributed by atoms with Crippen LogP contribution in [0, 0.1) is 0 Å². The van der Waals surface area contributed by atoms with Gasteiger partial charge in [-0.1, -0.05) is 30.3 Å². The highest BCUT2D eigenvalue weighted by Gasteiger charge is 2.21. The lowest BCUT2D eigenvalue weighted by molar-refractivity contribution is -0.114. The van der Waals surface area contributed by atoms with E-state index in [9.17, 15) is 9.59 Å². The van der Waals surface area contributed by atoms with Gasteiger partial charge in [0.2, 0.25) is 5.91 Å². The molecule has 1 aliphatic rings. The SMILES string of the molecule is COc1ccc2ccccc2c1CNCc1cc(NC(C)=O)cc(C(=O)N2CCN(C)CC2)c1. The molecule has 0 bridgehead atoms. The predicted molar refractivity (Wildman–Crippen MR) is 135 cm³/mol. The molecule has 1 aliphatic heterocycles. The number of nitrogens with one attached hydrogen (secondary N) is 2. The Hall–Kier alpha value is -3.42. The highest BCUT2D eigenvalue weighted by molar-refractivity contribution is 5.97. The summed E-state index contributed by atoms with van der Waals surface area (Å²) in [4.78, 5) is 29.0. The van der Waals surface area contributed by atoms with Gasteiger partial charge in [-0.2, -0.15) is 0 Å². The molecule has 3 aromatic carbocycles. The summed E-state index contributed by atoms with van der Waals surface area (Å²) in [6.07, 6.45) is 0. The van der Waals surface area contributed by atoms with Crippen molar-refractivity contribution >= 4 is 28.3 Å². The fourth-order valence-electron chi connectivity index (χ4n) is 4.41. The molecule has 7 nitrogen and oxygen atoms in total. The molecule has 3 aromatic rings. The van der Waals surface area contributed by atoms with Crippen molar-refractivity contribution in [1.82, 2.24) is 15.1 Å². The van der Waals surface area contributed by atoms with Crippen LogP contribution in [0.15, 0.2) is 54.6 Å². The molecular formula is C27H32N4O3. The molecule has 7 heteroatoms. The fraction of sp³-hybridized carbons (Fsp3) is 0.333. The molecule has 0 unspecified atom stereocenters. The van der Waals surface area contributed by atoms with Gasteiger partial charge in [-0.05, 0) is 47.6 Å². The molecule has 0 aromatic heterocycles. The minimum atomic E-state index is -0.163. The van der Waals surface area contributed by atoms with Crippen molar-refractivity contribution in [2.24, 2.45) is 0 Å². The number of carbonyl (C=O) groups excluding carboxylic acids is 2. The third-order valence-electron chi connectivity index (χ3n) is 6.20. The number of likely N-dealkylation sites (N-methyl/N-ethyl adjacent to an activating group) is 1. The first-order valence-corrected chi connectivity index (χ1v) is 11.6. The van der Waals surface area contributed by atoms with Crippen LogP contribution in [-0.4, -0.2) is 62.0 Å². The van der Waals surface area contributed by atoms with Gasteiger partial charge in [0, 0.05) is 63.0 Å². The van der Waals surface area contributed by atoms with E-state index in [0.29, 0.717) is 37.4 Å². The zero-order chi connectivity index (χ0) is 24.1. The molecule has 178 valence electrons. The second-order valence-electron chi connectivity index (χ2n) is 8.77. The van der Waals surface area contributed by atoms with Crippen LogP contribution in [0.5, 0.6) is 5.75 Å². The van der Waals surface area contributed by atoms with E-state index in [0.717, 1.165) is 40.7 Å². The zero-order valence-electron chi connectivity index (χ0n) is 20.1. The largest absolute Gasteiger partial charge is 0.496 e. The van der Waals surface area contributed by atoms with Crippen molar-refractivity contribution in [3.05, 3.63) is 71.3 Å². The maximum absolute atomic E-state index is 13.2. The van der Waals surface area contributed by atoms with E-state index in [4.69, 9.17) is 4.74 Å². The normalized spacial score (nSPS) is 14.3. The number of hydrogen-bond acceptors (Lipinski definition) is 5. The molecule has 4 rings (SSSR count). The molecule has 34 heavy (non-hydrogen) atoms. The van der Waals surface area contributed by atoms with Crippen molar-refractivity contribution in [3.63, 3.8) is 0 Å². The van der Waals surface area contributed by atoms with Crippen molar-refractivity contribution in [3.8, 4) is 5.75 Å². The van der Waals surface area contributed by atoms with Crippen LogP contribution in [0.25, 0.3) is 10.8 Å². The van der Waals surface area contributed by atoms with Crippen molar-refractivity contribution in [1.29, 1.82) is 0 Å². The first kappa shape index (κ1) is 23.7. The molecular weight excluding hydrogens is 428 g/mol. The minimum absolute atomic E-state index is 0.00252. The number of fused-ring (bicyclic) bond motifs is 1. The number of hydrogen-bond donors (Lipinski definition) is 2. The van der Waals surface area contributed by atoms with Crippen LogP contribution < -0.4 is 15.4 Å². The Morgan fingerprint density at radius 1 is 0.971 bits per heavy atom. The molecule has 0 atom stereocenters. The van der Waals surface area contributed by atoms with Gasteiger partial charge in [0.15, 0.2) is 0 Å². The number of rotatable bonds is 7. The van der Waals surface area contributed by atoms with Crippen LogP contribution >= 0.6 is 0 Å². The van der Waals surface area contributed by atoms with Gasteiger partial charge in [0.1, 0.15) is 5.75 Å². The summed E-state index contributed by atoms with van der Waals surface area (Å²) in [5.74, 6) is 0.671. The molecule has 2 amide bonds. The topological polar surface area (TPSA) is 73.9 Å². The van der Waals surface area contributed by atoms with Gasteiger partial charge >= 0.3 is 0 Å². The van der Waals surface area contributed by atoms with Crippen LogP contribution in [0.4, 0.5) is 5.69 Å². The predicted octanol–water partition coefficient (Wildman–Crippen LogP) is 3.48. The Kier molecular flexibility index (Phi) is 7.45.